The standard InChI is InChI=1S/C17H27N3OS/c1-4-8-15(14-9-6-5-7-10-14)16(21)19-20-17(22)18-12-11-13(2)3/h5-7,9-10,13,15H,4,8,11-12H2,1-3H3,(H,19,21)(H2,18,20,22)/t15-/m1/s1. The van der Waals surface area contributed by atoms with Gasteiger partial charge in [-0.25, -0.2) is 0 Å². The summed E-state index contributed by atoms with van der Waals surface area (Å²) in [6.07, 6.45) is 2.80. The first-order valence-corrected chi connectivity index (χ1v) is 8.34. The minimum Gasteiger partial charge on any atom is -0.361 e. The molecule has 0 radical (unpaired) electrons. The first-order chi connectivity index (χ1) is 10.5. The Morgan fingerprint density at radius 3 is 2.41 bits per heavy atom. The molecule has 0 bridgehead atoms. The number of hydrogen-bond acceptors (Lipinski definition) is 2. The van der Waals surface area contributed by atoms with Crippen molar-refractivity contribution in [3.8, 4) is 0 Å². The molecule has 1 amide bonds. The molecule has 0 aliphatic rings. The summed E-state index contributed by atoms with van der Waals surface area (Å²) < 4.78 is 0. The van der Waals surface area contributed by atoms with Crippen LogP contribution < -0.4 is 16.2 Å². The van der Waals surface area contributed by atoms with Crippen molar-refractivity contribution < 1.29 is 4.79 Å². The van der Waals surface area contributed by atoms with Crippen molar-refractivity contribution in [1.29, 1.82) is 0 Å². The maximum absolute atomic E-state index is 12.4. The molecular formula is C17H27N3OS. The van der Waals surface area contributed by atoms with Crippen LogP contribution in [0.4, 0.5) is 0 Å². The first kappa shape index (κ1) is 18.4. The summed E-state index contributed by atoms with van der Waals surface area (Å²) in [5, 5.41) is 3.54. The second-order valence-electron chi connectivity index (χ2n) is 5.80. The smallest absolute Gasteiger partial charge is 0.245 e. The SMILES string of the molecule is CCC[C@@H](C(=O)NNC(=S)NCCC(C)C)c1ccccc1. The van der Waals surface area contributed by atoms with Crippen LogP contribution in [0.1, 0.15) is 51.5 Å². The van der Waals surface area contributed by atoms with Gasteiger partial charge in [0, 0.05) is 6.54 Å². The fraction of sp³-hybridized carbons (Fsp3) is 0.529. The molecule has 0 spiro atoms. The molecule has 122 valence electrons. The third-order valence-electron chi connectivity index (χ3n) is 3.40. The molecule has 1 aromatic rings. The highest BCUT2D eigenvalue weighted by Gasteiger charge is 2.19. The maximum Gasteiger partial charge on any atom is 0.245 e. The molecule has 4 nitrogen and oxygen atoms in total. The zero-order valence-electron chi connectivity index (χ0n) is 13.7. The van der Waals surface area contributed by atoms with Crippen LogP contribution in [-0.2, 0) is 4.79 Å². The minimum absolute atomic E-state index is 0.0546. The number of rotatable bonds is 7. The zero-order chi connectivity index (χ0) is 16.4. The van der Waals surface area contributed by atoms with Gasteiger partial charge in [0.1, 0.15) is 0 Å². The van der Waals surface area contributed by atoms with E-state index in [1.165, 1.54) is 0 Å². The maximum atomic E-state index is 12.4. The Morgan fingerprint density at radius 1 is 1.14 bits per heavy atom. The largest absolute Gasteiger partial charge is 0.361 e. The van der Waals surface area contributed by atoms with Gasteiger partial charge in [0.2, 0.25) is 5.91 Å². The number of hydrogen-bond donors (Lipinski definition) is 3. The van der Waals surface area contributed by atoms with Crippen LogP contribution in [0.15, 0.2) is 30.3 Å². The van der Waals surface area contributed by atoms with E-state index in [-0.39, 0.29) is 11.8 Å². The first-order valence-electron chi connectivity index (χ1n) is 7.93. The average Bonchev–Trinajstić information content (AvgIpc) is 2.50. The van der Waals surface area contributed by atoms with Crippen molar-refractivity contribution in [2.24, 2.45) is 5.92 Å². The van der Waals surface area contributed by atoms with Crippen molar-refractivity contribution in [3.05, 3.63) is 35.9 Å². The molecular weight excluding hydrogens is 294 g/mol. The van der Waals surface area contributed by atoms with Gasteiger partial charge in [-0.15, -0.1) is 0 Å². The van der Waals surface area contributed by atoms with Gasteiger partial charge >= 0.3 is 0 Å². The van der Waals surface area contributed by atoms with E-state index in [1.54, 1.807) is 0 Å². The predicted molar refractivity (Wildman–Crippen MR) is 95.4 cm³/mol. The Kier molecular flexibility index (Phi) is 8.51. The molecule has 0 fully saturated rings. The van der Waals surface area contributed by atoms with Crippen molar-refractivity contribution in [3.63, 3.8) is 0 Å². The summed E-state index contributed by atoms with van der Waals surface area (Å²) in [6.45, 7) is 7.20. The fourth-order valence-corrected chi connectivity index (χ4v) is 2.30. The Bertz CT molecular complexity index is 462. The Balaban J connectivity index is 2.46. The highest BCUT2D eigenvalue weighted by atomic mass is 32.1. The molecule has 0 aromatic heterocycles. The van der Waals surface area contributed by atoms with Gasteiger partial charge in [0.05, 0.1) is 5.92 Å². The molecule has 22 heavy (non-hydrogen) atoms. The van der Waals surface area contributed by atoms with E-state index in [0.29, 0.717) is 11.0 Å². The number of thiocarbonyl (C=S) groups is 1. The van der Waals surface area contributed by atoms with Crippen LogP contribution in [0, 0.1) is 5.92 Å². The van der Waals surface area contributed by atoms with Crippen molar-refractivity contribution >= 4 is 23.2 Å². The number of nitrogens with one attached hydrogen (secondary N) is 3. The lowest BCUT2D eigenvalue weighted by Gasteiger charge is -2.18. The van der Waals surface area contributed by atoms with Crippen LogP contribution in [0.25, 0.3) is 0 Å². The van der Waals surface area contributed by atoms with Crippen molar-refractivity contribution in [2.45, 2.75) is 46.0 Å². The van der Waals surface area contributed by atoms with E-state index in [9.17, 15) is 4.79 Å². The zero-order valence-corrected chi connectivity index (χ0v) is 14.5. The van der Waals surface area contributed by atoms with Crippen LogP contribution in [0.5, 0.6) is 0 Å². The van der Waals surface area contributed by atoms with Gasteiger partial charge in [-0.05, 0) is 36.5 Å². The minimum atomic E-state index is -0.155. The molecule has 0 heterocycles. The van der Waals surface area contributed by atoms with Gasteiger partial charge < -0.3 is 5.32 Å². The molecule has 1 rings (SSSR count). The average molecular weight is 321 g/mol. The predicted octanol–water partition coefficient (Wildman–Crippen LogP) is 3.11. The van der Waals surface area contributed by atoms with Crippen LogP contribution in [-0.4, -0.2) is 17.6 Å². The van der Waals surface area contributed by atoms with Crippen molar-refractivity contribution in [2.75, 3.05) is 6.54 Å². The van der Waals surface area contributed by atoms with Crippen LogP contribution in [0.2, 0.25) is 0 Å². The summed E-state index contributed by atoms with van der Waals surface area (Å²) >= 11 is 5.16. The highest BCUT2D eigenvalue weighted by Crippen LogP contribution is 2.20. The summed E-state index contributed by atoms with van der Waals surface area (Å²) in [7, 11) is 0. The highest BCUT2D eigenvalue weighted by molar-refractivity contribution is 7.80. The Labute approximate surface area is 139 Å². The number of benzene rings is 1. The lowest BCUT2D eigenvalue weighted by Crippen LogP contribution is -2.48. The molecule has 0 aliphatic carbocycles. The Morgan fingerprint density at radius 2 is 1.82 bits per heavy atom. The molecule has 3 N–H and O–H groups in total. The van der Waals surface area contributed by atoms with Gasteiger partial charge in [-0.3, -0.25) is 15.6 Å². The topological polar surface area (TPSA) is 53.2 Å². The summed E-state index contributed by atoms with van der Waals surface area (Å²) in [5.74, 6) is 0.412. The van der Waals surface area contributed by atoms with Gasteiger partial charge in [0.15, 0.2) is 5.11 Å². The molecule has 0 saturated heterocycles. The Hall–Kier alpha value is -1.62. The normalized spacial score (nSPS) is 11.8. The molecule has 1 aromatic carbocycles. The number of carbonyl (C=O) groups is 1. The lowest BCUT2D eigenvalue weighted by atomic mass is 9.94. The summed E-state index contributed by atoms with van der Waals surface area (Å²) in [5.41, 5.74) is 6.53. The van der Waals surface area contributed by atoms with Gasteiger partial charge in [0.25, 0.3) is 0 Å². The van der Waals surface area contributed by atoms with Crippen LogP contribution >= 0.6 is 12.2 Å². The fourth-order valence-electron chi connectivity index (χ4n) is 2.15. The molecule has 5 heteroatoms. The number of hydrazine groups is 1. The van der Waals surface area contributed by atoms with Gasteiger partial charge in [-0.2, -0.15) is 0 Å². The van der Waals surface area contributed by atoms with E-state index in [2.05, 4.69) is 36.9 Å². The van der Waals surface area contributed by atoms with Crippen LogP contribution in [0.3, 0.4) is 0 Å². The number of carbonyl (C=O) groups excluding carboxylic acids is 1. The third-order valence-corrected chi connectivity index (χ3v) is 3.65. The number of amides is 1. The molecule has 0 saturated carbocycles. The molecule has 0 aliphatic heterocycles. The van der Waals surface area contributed by atoms with E-state index < -0.39 is 0 Å². The van der Waals surface area contributed by atoms with E-state index in [1.807, 2.05) is 30.3 Å². The van der Waals surface area contributed by atoms with E-state index in [0.717, 1.165) is 31.4 Å². The second kappa shape index (κ2) is 10.2. The van der Waals surface area contributed by atoms with E-state index in [4.69, 9.17) is 12.2 Å². The second-order valence-corrected chi connectivity index (χ2v) is 6.21. The summed E-state index contributed by atoms with van der Waals surface area (Å²) in [6, 6.07) is 9.84. The van der Waals surface area contributed by atoms with Crippen molar-refractivity contribution in [1.82, 2.24) is 16.2 Å². The quantitative estimate of drug-likeness (QED) is 0.533. The third kappa shape index (κ3) is 6.89. The molecule has 0 unspecified atom stereocenters. The lowest BCUT2D eigenvalue weighted by molar-refractivity contribution is -0.123. The van der Waals surface area contributed by atoms with Gasteiger partial charge in [-0.1, -0.05) is 57.5 Å². The van der Waals surface area contributed by atoms with E-state index >= 15 is 0 Å². The molecule has 1 atom stereocenters. The summed E-state index contributed by atoms with van der Waals surface area (Å²) in [4.78, 5) is 12.4. The monoisotopic (exact) mass is 321 g/mol.